The summed E-state index contributed by atoms with van der Waals surface area (Å²) in [6.07, 6.45) is 5.50. The van der Waals surface area contributed by atoms with Crippen LogP contribution in [0.15, 0.2) is 24.7 Å². The van der Waals surface area contributed by atoms with Gasteiger partial charge in [0.2, 0.25) is 5.91 Å². The second-order valence-corrected chi connectivity index (χ2v) is 5.93. The van der Waals surface area contributed by atoms with Crippen LogP contribution < -0.4 is 5.32 Å². The molecule has 7 nitrogen and oxygen atoms in total. The summed E-state index contributed by atoms with van der Waals surface area (Å²) in [5.74, 6) is 1.74. The van der Waals surface area contributed by atoms with Crippen LogP contribution in [0.25, 0.3) is 0 Å². The third kappa shape index (κ3) is 2.76. The Bertz CT molecular complexity index is 659. The van der Waals surface area contributed by atoms with E-state index in [1.165, 1.54) is 0 Å². The second kappa shape index (κ2) is 5.92. The Balaban J connectivity index is 1.66. The fourth-order valence-corrected chi connectivity index (χ4v) is 2.74. The smallest absolute Gasteiger partial charge is 0.242 e. The fraction of sp³-hybridized carbons (Fsp3) is 0.533. The molecule has 1 aliphatic heterocycles. The first-order valence-corrected chi connectivity index (χ1v) is 7.64. The summed E-state index contributed by atoms with van der Waals surface area (Å²) >= 11 is 0. The number of nitrogens with zero attached hydrogens (tertiary/aromatic N) is 5. The van der Waals surface area contributed by atoms with E-state index in [1.807, 2.05) is 43.9 Å². The highest BCUT2D eigenvalue weighted by Gasteiger charge is 2.26. The molecule has 0 bridgehead atoms. The highest BCUT2D eigenvalue weighted by molar-refractivity contribution is 5.93. The van der Waals surface area contributed by atoms with Gasteiger partial charge in [0.15, 0.2) is 0 Å². The van der Waals surface area contributed by atoms with Gasteiger partial charge >= 0.3 is 0 Å². The highest BCUT2D eigenvalue weighted by atomic mass is 16.2. The number of anilines is 1. The number of carbonyl (C=O) groups is 1. The number of aromatic nitrogens is 4. The van der Waals surface area contributed by atoms with Gasteiger partial charge in [-0.05, 0) is 20.8 Å². The van der Waals surface area contributed by atoms with E-state index in [2.05, 4.69) is 24.9 Å². The first-order valence-electron chi connectivity index (χ1n) is 7.64. The standard InChI is InChI=1S/C15H22N6O/c1-11(2)21-13(4-5-17-21)18-15(22)12(3)20-9-8-19-7-6-16-14(19)10-20/h4-7,11-12H,8-10H2,1-3H3,(H,18,22)/t12-/m1/s1. The number of fused-ring (bicyclic) bond motifs is 1. The van der Waals surface area contributed by atoms with Gasteiger partial charge in [-0.2, -0.15) is 5.10 Å². The van der Waals surface area contributed by atoms with E-state index in [9.17, 15) is 4.79 Å². The maximum atomic E-state index is 12.5. The van der Waals surface area contributed by atoms with Crippen LogP contribution in [0.1, 0.15) is 32.6 Å². The van der Waals surface area contributed by atoms with Crippen molar-refractivity contribution >= 4 is 11.7 Å². The predicted molar refractivity (Wildman–Crippen MR) is 83.3 cm³/mol. The van der Waals surface area contributed by atoms with E-state index in [0.717, 1.165) is 24.7 Å². The van der Waals surface area contributed by atoms with E-state index in [1.54, 1.807) is 6.20 Å². The molecule has 0 fully saturated rings. The Morgan fingerprint density at radius 2 is 2.09 bits per heavy atom. The summed E-state index contributed by atoms with van der Waals surface area (Å²) in [4.78, 5) is 19.0. The van der Waals surface area contributed by atoms with Gasteiger partial charge in [-0.3, -0.25) is 9.69 Å². The van der Waals surface area contributed by atoms with E-state index in [-0.39, 0.29) is 18.0 Å². The lowest BCUT2D eigenvalue weighted by Crippen LogP contribution is -2.46. The van der Waals surface area contributed by atoms with Crippen LogP contribution in [0, 0.1) is 0 Å². The molecule has 1 atom stereocenters. The fourth-order valence-electron chi connectivity index (χ4n) is 2.74. The topological polar surface area (TPSA) is 68.0 Å². The first kappa shape index (κ1) is 14.8. The average Bonchev–Trinajstić information content (AvgIpc) is 3.13. The molecule has 7 heteroatoms. The zero-order valence-corrected chi connectivity index (χ0v) is 13.2. The monoisotopic (exact) mass is 302 g/mol. The molecule has 3 rings (SSSR count). The van der Waals surface area contributed by atoms with Crippen LogP contribution in [0.5, 0.6) is 0 Å². The van der Waals surface area contributed by atoms with Gasteiger partial charge < -0.3 is 9.88 Å². The van der Waals surface area contributed by atoms with Crippen molar-refractivity contribution in [2.24, 2.45) is 0 Å². The van der Waals surface area contributed by atoms with Crippen molar-refractivity contribution in [3.8, 4) is 0 Å². The van der Waals surface area contributed by atoms with Gasteiger partial charge in [0.25, 0.3) is 0 Å². The van der Waals surface area contributed by atoms with Crippen LogP contribution in [0.3, 0.4) is 0 Å². The number of amides is 1. The third-order valence-electron chi connectivity index (χ3n) is 4.11. The molecule has 2 aromatic heterocycles. The third-order valence-corrected chi connectivity index (χ3v) is 4.11. The number of nitrogens with one attached hydrogen (secondary N) is 1. The number of hydrogen-bond acceptors (Lipinski definition) is 4. The quantitative estimate of drug-likeness (QED) is 0.929. The molecule has 22 heavy (non-hydrogen) atoms. The van der Waals surface area contributed by atoms with Crippen molar-refractivity contribution in [2.45, 2.75) is 45.9 Å². The van der Waals surface area contributed by atoms with Crippen molar-refractivity contribution < 1.29 is 4.79 Å². The molecule has 0 saturated heterocycles. The second-order valence-electron chi connectivity index (χ2n) is 5.93. The summed E-state index contributed by atoms with van der Waals surface area (Å²) in [7, 11) is 0. The Morgan fingerprint density at radius 1 is 1.27 bits per heavy atom. The molecule has 0 unspecified atom stereocenters. The van der Waals surface area contributed by atoms with Crippen molar-refractivity contribution in [1.82, 2.24) is 24.2 Å². The lowest BCUT2D eigenvalue weighted by molar-refractivity contribution is -0.121. The maximum Gasteiger partial charge on any atom is 0.242 e. The molecule has 3 heterocycles. The zero-order valence-electron chi connectivity index (χ0n) is 13.2. The lowest BCUT2D eigenvalue weighted by atomic mass is 10.2. The van der Waals surface area contributed by atoms with Gasteiger partial charge in [-0.25, -0.2) is 9.67 Å². The van der Waals surface area contributed by atoms with Crippen LogP contribution in [-0.2, 0) is 17.9 Å². The predicted octanol–water partition coefficient (Wildman–Crippen LogP) is 1.50. The van der Waals surface area contributed by atoms with Crippen LogP contribution in [-0.4, -0.2) is 42.7 Å². The van der Waals surface area contributed by atoms with Crippen molar-refractivity contribution in [3.05, 3.63) is 30.5 Å². The van der Waals surface area contributed by atoms with E-state index in [4.69, 9.17) is 0 Å². The van der Waals surface area contributed by atoms with Crippen molar-refractivity contribution in [2.75, 3.05) is 11.9 Å². The Labute approximate surface area is 129 Å². The minimum Gasteiger partial charge on any atom is -0.333 e. The van der Waals surface area contributed by atoms with Crippen molar-refractivity contribution in [3.63, 3.8) is 0 Å². The van der Waals surface area contributed by atoms with E-state index in [0.29, 0.717) is 6.54 Å². The van der Waals surface area contributed by atoms with Crippen molar-refractivity contribution in [1.29, 1.82) is 0 Å². The Hall–Kier alpha value is -2.15. The van der Waals surface area contributed by atoms with Crippen LogP contribution in [0.2, 0.25) is 0 Å². The molecule has 1 N–H and O–H groups in total. The summed E-state index contributed by atoms with van der Waals surface area (Å²) in [5.41, 5.74) is 0. The molecule has 118 valence electrons. The van der Waals surface area contributed by atoms with Gasteiger partial charge in [0, 0.05) is 37.6 Å². The lowest BCUT2D eigenvalue weighted by Gasteiger charge is -2.31. The summed E-state index contributed by atoms with van der Waals surface area (Å²) in [6.45, 7) is 8.43. The normalized spacial score (nSPS) is 16.5. The maximum absolute atomic E-state index is 12.5. The largest absolute Gasteiger partial charge is 0.333 e. The molecule has 0 spiro atoms. The van der Waals surface area contributed by atoms with E-state index >= 15 is 0 Å². The van der Waals surface area contributed by atoms with Gasteiger partial charge in [-0.1, -0.05) is 0 Å². The van der Waals surface area contributed by atoms with Gasteiger partial charge in [0.05, 0.1) is 18.8 Å². The summed E-state index contributed by atoms with van der Waals surface area (Å²) < 4.78 is 3.95. The van der Waals surface area contributed by atoms with Crippen LogP contribution >= 0.6 is 0 Å². The molecule has 0 saturated carbocycles. The van der Waals surface area contributed by atoms with E-state index < -0.39 is 0 Å². The van der Waals surface area contributed by atoms with Crippen LogP contribution in [0.4, 0.5) is 5.82 Å². The molecule has 0 aromatic carbocycles. The molecular formula is C15H22N6O. The minimum atomic E-state index is -0.207. The van der Waals surface area contributed by atoms with Gasteiger partial charge in [0.1, 0.15) is 11.6 Å². The SMILES string of the molecule is CC(C)n1nccc1NC(=O)[C@@H](C)N1CCn2ccnc2C1. The van der Waals surface area contributed by atoms with Gasteiger partial charge in [-0.15, -0.1) is 0 Å². The summed E-state index contributed by atoms with van der Waals surface area (Å²) in [5, 5.41) is 7.22. The zero-order chi connectivity index (χ0) is 15.7. The minimum absolute atomic E-state index is 0.0117. The molecule has 0 radical (unpaired) electrons. The number of carbonyl (C=O) groups excluding carboxylic acids is 1. The molecule has 0 aliphatic carbocycles. The molecule has 1 aliphatic rings. The Morgan fingerprint density at radius 3 is 2.86 bits per heavy atom. The average molecular weight is 302 g/mol. The Kier molecular flexibility index (Phi) is 3.98. The first-order chi connectivity index (χ1) is 10.6. The molecule has 2 aromatic rings. The number of rotatable bonds is 4. The molecule has 1 amide bonds. The number of hydrogen-bond donors (Lipinski definition) is 1. The highest BCUT2D eigenvalue weighted by Crippen LogP contribution is 2.16. The summed E-state index contributed by atoms with van der Waals surface area (Å²) in [6, 6.07) is 1.83. The number of imidazole rings is 1. The molecular weight excluding hydrogens is 280 g/mol.